The highest BCUT2D eigenvalue weighted by atomic mass is 15.2. The van der Waals surface area contributed by atoms with E-state index in [9.17, 15) is 0 Å². The molecule has 0 amide bonds. The molecule has 0 spiro atoms. The van der Waals surface area contributed by atoms with Crippen LogP contribution >= 0.6 is 0 Å². The Labute approximate surface area is 89.1 Å². The fourth-order valence-corrected chi connectivity index (χ4v) is 1.97. The van der Waals surface area contributed by atoms with Crippen molar-refractivity contribution in [3.05, 3.63) is 0 Å². The molecular formula is C12H26N2. The van der Waals surface area contributed by atoms with E-state index in [1.807, 2.05) is 0 Å². The van der Waals surface area contributed by atoms with E-state index < -0.39 is 0 Å². The summed E-state index contributed by atoms with van der Waals surface area (Å²) in [6.45, 7) is 10.4. The Kier molecular flexibility index (Phi) is 4.39. The first-order valence-corrected chi connectivity index (χ1v) is 6.02. The van der Waals surface area contributed by atoms with Crippen LogP contribution in [0.5, 0.6) is 0 Å². The van der Waals surface area contributed by atoms with Gasteiger partial charge in [0.25, 0.3) is 0 Å². The zero-order valence-corrected chi connectivity index (χ0v) is 10.3. The highest BCUT2D eigenvalue weighted by molar-refractivity contribution is 4.87. The van der Waals surface area contributed by atoms with Gasteiger partial charge in [-0.2, -0.15) is 0 Å². The van der Waals surface area contributed by atoms with E-state index in [1.165, 1.54) is 25.8 Å². The van der Waals surface area contributed by atoms with Crippen LogP contribution in [0.4, 0.5) is 0 Å². The van der Waals surface area contributed by atoms with E-state index in [2.05, 4.69) is 38.0 Å². The van der Waals surface area contributed by atoms with Crippen molar-refractivity contribution in [1.29, 1.82) is 0 Å². The maximum atomic E-state index is 3.48. The van der Waals surface area contributed by atoms with Gasteiger partial charge in [-0.3, -0.25) is 0 Å². The number of hydrogen-bond donors (Lipinski definition) is 1. The van der Waals surface area contributed by atoms with Crippen molar-refractivity contribution in [2.24, 2.45) is 5.41 Å². The van der Waals surface area contributed by atoms with Crippen LogP contribution in [0.25, 0.3) is 0 Å². The second-order valence-electron chi connectivity index (χ2n) is 5.09. The van der Waals surface area contributed by atoms with Gasteiger partial charge in [-0.25, -0.2) is 0 Å². The van der Waals surface area contributed by atoms with Gasteiger partial charge in [-0.05, 0) is 38.3 Å². The van der Waals surface area contributed by atoms with E-state index in [4.69, 9.17) is 0 Å². The van der Waals surface area contributed by atoms with Gasteiger partial charge in [0.1, 0.15) is 0 Å². The molecule has 0 saturated heterocycles. The molecule has 1 unspecified atom stereocenters. The second kappa shape index (κ2) is 5.13. The Morgan fingerprint density at radius 3 is 2.43 bits per heavy atom. The van der Waals surface area contributed by atoms with E-state index in [-0.39, 0.29) is 0 Å². The average Bonchev–Trinajstić information content (AvgIpc) is 2.98. The molecule has 1 fully saturated rings. The molecule has 0 heterocycles. The maximum absolute atomic E-state index is 3.48. The summed E-state index contributed by atoms with van der Waals surface area (Å²) >= 11 is 0. The lowest BCUT2D eigenvalue weighted by Crippen LogP contribution is -2.41. The SMILES string of the molecule is CCNCC(C)(CC)CN(C)C1CC1. The Balaban J connectivity index is 2.33. The third-order valence-corrected chi connectivity index (χ3v) is 3.46. The van der Waals surface area contributed by atoms with Crippen LogP contribution in [-0.4, -0.2) is 37.6 Å². The lowest BCUT2D eigenvalue weighted by atomic mass is 9.87. The first kappa shape index (κ1) is 12.0. The van der Waals surface area contributed by atoms with Crippen LogP contribution in [-0.2, 0) is 0 Å². The molecule has 1 atom stereocenters. The quantitative estimate of drug-likeness (QED) is 0.674. The first-order chi connectivity index (χ1) is 6.61. The summed E-state index contributed by atoms with van der Waals surface area (Å²) in [5.41, 5.74) is 0.452. The summed E-state index contributed by atoms with van der Waals surface area (Å²) in [7, 11) is 2.28. The van der Waals surface area contributed by atoms with Gasteiger partial charge in [-0.15, -0.1) is 0 Å². The van der Waals surface area contributed by atoms with Gasteiger partial charge in [0.05, 0.1) is 0 Å². The smallest absolute Gasteiger partial charge is 0.00936 e. The molecule has 14 heavy (non-hydrogen) atoms. The molecule has 0 aliphatic heterocycles. The minimum Gasteiger partial charge on any atom is -0.316 e. The zero-order chi connectivity index (χ0) is 10.6. The molecule has 1 aliphatic carbocycles. The van der Waals surface area contributed by atoms with Crippen molar-refractivity contribution in [1.82, 2.24) is 10.2 Å². The van der Waals surface area contributed by atoms with Gasteiger partial charge in [0.15, 0.2) is 0 Å². The van der Waals surface area contributed by atoms with Crippen LogP contribution in [0.3, 0.4) is 0 Å². The van der Waals surface area contributed by atoms with Crippen LogP contribution in [0.1, 0.15) is 40.0 Å². The van der Waals surface area contributed by atoms with Crippen molar-refractivity contribution in [2.45, 2.75) is 46.1 Å². The van der Waals surface area contributed by atoms with Gasteiger partial charge in [-0.1, -0.05) is 20.8 Å². The second-order valence-corrected chi connectivity index (χ2v) is 5.09. The first-order valence-electron chi connectivity index (χ1n) is 6.02. The van der Waals surface area contributed by atoms with Crippen molar-refractivity contribution in [2.75, 3.05) is 26.7 Å². The van der Waals surface area contributed by atoms with Gasteiger partial charge >= 0.3 is 0 Å². The van der Waals surface area contributed by atoms with E-state index in [0.717, 1.165) is 19.1 Å². The van der Waals surface area contributed by atoms with Gasteiger partial charge in [0, 0.05) is 19.1 Å². The topological polar surface area (TPSA) is 15.3 Å². The lowest BCUT2D eigenvalue weighted by Gasteiger charge is -2.33. The third kappa shape index (κ3) is 3.58. The number of rotatable bonds is 7. The summed E-state index contributed by atoms with van der Waals surface area (Å²) < 4.78 is 0. The zero-order valence-electron chi connectivity index (χ0n) is 10.3. The maximum Gasteiger partial charge on any atom is 0.00936 e. The molecule has 1 N–H and O–H groups in total. The lowest BCUT2D eigenvalue weighted by molar-refractivity contribution is 0.175. The Bertz CT molecular complexity index is 166. The molecule has 1 aliphatic rings. The number of nitrogens with zero attached hydrogens (tertiary/aromatic N) is 1. The Hall–Kier alpha value is -0.0800. The fraction of sp³-hybridized carbons (Fsp3) is 1.00. The summed E-state index contributed by atoms with van der Waals surface area (Å²) in [4.78, 5) is 2.54. The molecule has 0 aromatic heterocycles. The average molecular weight is 198 g/mol. The van der Waals surface area contributed by atoms with E-state index in [1.54, 1.807) is 0 Å². The van der Waals surface area contributed by atoms with Crippen molar-refractivity contribution < 1.29 is 0 Å². The fourth-order valence-electron chi connectivity index (χ4n) is 1.97. The normalized spacial score (nSPS) is 21.2. The predicted molar refractivity (Wildman–Crippen MR) is 62.6 cm³/mol. The molecule has 0 radical (unpaired) electrons. The summed E-state index contributed by atoms with van der Waals surface area (Å²) in [6, 6.07) is 0.891. The molecule has 0 aromatic carbocycles. The Morgan fingerprint density at radius 2 is 2.00 bits per heavy atom. The van der Waals surface area contributed by atoms with Crippen molar-refractivity contribution >= 4 is 0 Å². The molecule has 2 heteroatoms. The highest BCUT2D eigenvalue weighted by Crippen LogP contribution is 2.30. The van der Waals surface area contributed by atoms with E-state index in [0.29, 0.717) is 5.41 Å². The molecule has 0 aromatic rings. The molecule has 1 rings (SSSR count). The van der Waals surface area contributed by atoms with Crippen molar-refractivity contribution in [3.63, 3.8) is 0 Å². The minimum atomic E-state index is 0.452. The largest absolute Gasteiger partial charge is 0.316 e. The van der Waals surface area contributed by atoms with E-state index >= 15 is 0 Å². The molecule has 84 valence electrons. The third-order valence-electron chi connectivity index (χ3n) is 3.46. The van der Waals surface area contributed by atoms with Crippen LogP contribution in [0.15, 0.2) is 0 Å². The van der Waals surface area contributed by atoms with Crippen LogP contribution < -0.4 is 5.32 Å². The predicted octanol–water partition coefficient (Wildman–Crippen LogP) is 2.11. The molecule has 2 nitrogen and oxygen atoms in total. The summed E-state index contributed by atoms with van der Waals surface area (Å²) in [5, 5.41) is 3.48. The minimum absolute atomic E-state index is 0.452. The van der Waals surface area contributed by atoms with Gasteiger partial charge in [0.2, 0.25) is 0 Å². The summed E-state index contributed by atoms with van der Waals surface area (Å²) in [5.74, 6) is 0. The number of nitrogens with one attached hydrogen (secondary N) is 1. The van der Waals surface area contributed by atoms with Crippen LogP contribution in [0.2, 0.25) is 0 Å². The molecule has 0 bridgehead atoms. The highest BCUT2D eigenvalue weighted by Gasteiger charge is 2.31. The van der Waals surface area contributed by atoms with Crippen LogP contribution in [0, 0.1) is 5.41 Å². The Morgan fingerprint density at radius 1 is 1.36 bits per heavy atom. The van der Waals surface area contributed by atoms with Crippen molar-refractivity contribution in [3.8, 4) is 0 Å². The standard InChI is InChI=1S/C12H26N2/c1-5-12(3,9-13-6-2)10-14(4)11-7-8-11/h11,13H,5-10H2,1-4H3. The van der Waals surface area contributed by atoms with Gasteiger partial charge < -0.3 is 10.2 Å². The summed E-state index contributed by atoms with van der Waals surface area (Å²) in [6.07, 6.45) is 4.09. The molecule has 1 saturated carbocycles. The monoisotopic (exact) mass is 198 g/mol. The molecular weight excluding hydrogens is 172 g/mol. The number of hydrogen-bond acceptors (Lipinski definition) is 2.